The molecule has 0 aliphatic carbocycles. The molecule has 0 amide bonds. The zero-order chi connectivity index (χ0) is 9.97. The fourth-order valence-electron chi connectivity index (χ4n) is 1.51. The van der Waals surface area contributed by atoms with E-state index < -0.39 is 6.23 Å². The highest BCUT2D eigenvalue weighted by atomic mass is 16.6. The van der Waals surface area contributed by atoms with Crippen LogP contribution in [0.15, 0.2) is 30.3 Å². The van der Waals surface area contributed by atoms with Gasteiger partial charge < -0.3 is 9.84 Å². The van der Waals surface area contributed by atoms with Crippen molar-refractivity contribution in [2.75, 3.05) is 13.3 Å². The summed E-state index contributed by atoms with van der Waals surface area (Å²) in [6.45, 7) is -0.0264. The Kier molecular flexibility index (Phi) is 2.47. The number of nitrogens with zero attached hydrogens (tertiary/aromatic N) is 1. The summed E-state index contributed by atoms with van der Waals surface area (Å²) in [4.78, 5) is 12.6. The molecular formula is C10H11NO3. The van der Waals surface area contributed by atoms with Crippen molar-refractivity contribution in [1.29, 1.82) is 0 Å². The van der Waals surface area contributed by atoms with E-state index in [4.69, 9.17) is 9.84 Å². The minimum Gasteiger partial charge on any atom is -0.441 e. The Morgan fingerprint density at radius 1 is 1.43 bits per heavy atom. The molecule has 1 unspecified atom stereocenters. The minimum absolute atomic E-state index is 0.149. The predicted molar refractivity (Wildman–Crippen MR) is 49.1 cm³/mol. The number of esters is 1. The fourth-order valence-corrected chi connectivity index (χ4v) is 1.51. The lowest BCUT2D eigenvalue weighted by atomic mass is 10.2. The van der Waals surface area contributed by atoms with Gasteiger partial charge in [-0.2, -0.15) is 0 Å². The van der Waals surface area contributed by atoms with Gasteiger partial charge in [0.2, 0.25) is 0 Å². The van der Waals surface area contributed by atoms with Crippen LogP contribution in [0.2, 0.25) is 0 Å². The first-order valence-electron chi connectivity index (χ1n) is 4.40. The van der Waals surface area contributed by atoms with E-state index in [1.165, 1.54) is 0 Å². The normalized spacial score (nSPS) is 22.4. The van der Waals surface area contributed by atoms with Crippen LogP contribution >= 0.6 is 0 Å². The van der Waals surface area contributed by atoms with E-state index in [1.54, 1.807) is 4.90 Å². The zero-order valence-corrected chi connectivity index (χ0v) is 7.59. The molecule has 4 nitrogen and oxygen atoms in total. The van der Waals surface area contributed by atoms with E-state index in [1.807, 2.05) is 30.3 Å². The molecule has 1 fully saturated rings. The molecule has 0 spiro atoms. The Morgan fingerprint density at radius 2 is 2.14 bits per heavy atom. The van der Waals surface area contributed by atoms with Crippen molar-refractivity contribution >= 4 is 5.97 Å². The number of carbonyl (C=O) groups excluding carboxylic acids is 1. The number of hydrogen-bond acceptors (Lipinski definition) is 4. The molecule has 1 N–H and O–H groups in total. The second-order valence-corrected chi connectivity index (χ2v) is 3.14. The zero-order valence-electron chi connectivity index (χ0n) is 7.59. The Balaban J connectivity index is 2.22. The summed E-state index contributed by atoms with van der Waals surface area (Å²) >= 11 is 0. The molecule has 0 aromatic heterocycles. The van der Waals surface area contributed by atoms with Gasteiger partial charge in [-0.05, 0) is 0 Å². The first-order chi connectivity index (χ1) is 6.81. The van der Waals surface area contributed by atoms with Crippen molar-refractivity contribution in [2.45, 2.75) is 6.23 Å². The van der Waals surface area contributed by atoms with E-state index in [-0.39, 0.29) is 19.2 Å². The van der Waals surface area contributed by atoms with Crippen LogP contribution in [-0.4, -0.2) is 29.3 Å². The summed E-state index contributed by atoms with van der Waals surface area (Å²) in [5.74, 6) is -0.298. The molecule has 0 saturated carbocycles. The van der Waals surface area contributed by atoms with Crippen LogP contribution in [0.1, 0.15) is 11.8 Å². The Hall–Kier alpha value is -1.39. The summed E-state index contributed by atoms with van der Waals surface area (Å²) in [6, 6.07) is 9.37. The number of ether oxygens (including phenoxy) is 1. The maximum atomic E-state index is 11.0. The topological polar surface area (TPSA) is 49.8 Å². The van der Waals surface area contributed by atoms with Crippen LogP contribution in [0.5, 0.6) is 0 Å². The van der Waals surface area contributed by atoms with Crippen LogP contribution in [0, 0.1) is 0 Å². The SMILES string of the molecule is O=C1CN(CO)C(c2ccccc2)O1. The molecule has 1 aromatic rings. The number of aliphatic hydroxyl groups excluding tert-OH is 1. The first-order valence-corrected chi connectivity index (χ1v) is 4.40. The lowest BCUT2D eigenvalue weighted by Crippen LogP contribution is -2.25. The maximum Gasteiger partial charge on any atom is 0.322 e. The lowest BCUT2D eigenvalue weighted by molar-refractivity contribution is -0.142. The summed E-state index contributed by atoms with van der Waals surface area (Å²) in [5, 5.41) is 9.01. The van der Waals surface area contributed by atoms with Gasteiger partial charge in [-0.1, -0.05) is 30.3 Å². The van der Waals surface area contributed by atoms with Gasteiger partial charge in [0.05, 0.1) is 6.73 Å². The Labute approximate surface area is 81.7 Å². The van der Waals surface area contributed by atoms with Gasteiger partial charge in [0.1, 0.15) is 6.54 Å². The fraction of sp³-hybridized carbons (Fsp3) is 0.300. The molecule has 1 heterocycles. The number of rotatable bonds is 2. The van der Waals surface area contributed by atoms with Gasteiger partial charge in [0, 0.05) is 5.56 Å². The van der Waals surface area contributed by atoms with Gasteiger partial charge in [0.25, 0.3) is 0 Å². The minimum atomic E-state index is -0.436. The van der Waals surface area contributed by atoms with Gasteiger partial charge in [0.15, 0.2) is 6.23 Å². The molecule has 1 aliphatic rings. The van der Waals surface area contributed by atoms with Crippen LogP contribution in [-0.2, 0) is 9.53 Å². The summed E-state index contributed by atoms with van der Waals surface area (Å²) in [6.07, 6.45) is -0.436. The molecule has 0 bridgehead atoms. The highest BCUT2D eigenvalue weighted by Gasteiger charge is 2.32. The van der Waals surface area contributed by atoms with E-state index in [0.717, 1.165) is 5.56 Å². The summed E-state index contributed by atoms with van der Waals surface area (Å²) in [5.41, 5.74) is 0.882. The molecule has 2 rings (SSSR count). The lowest BCUT2D eigenvalue weighted by Gasteiger charge is -2.18. The van der Waals surface area contributed by atoms with Crippen LogP contribution < -0.4 is 0 Å². The van der Waals surface area contributed by atoms with Gasteiger partial charge in [-0.25, -0.2) is 4.90 Å². The number of cyclic esters (lactones) is 1. The largest absolute Gasteiger partial charge is 0.441 e. The predicted octanol–water partition coefficient (Wildman–Crippen LogP) is 0.494. The molecule has 1 atom stereocenters. The number of hydrogen-bond donors (Lipinski definition) is 1. The van der Waals surface area contributed by atoms with Crippen LogP contribution in [0.4, 0.5) is 0 Å². The maximum absolute atomic E-state index is 11.0. The van der Waals surface area contributed by atoms with Gasteiger partial charge in [-0.3, -0.25) is 4.79 Å². The van der Waals surface area contributed by atoms with Crippen LogP contribution in [0.3, 0.4) is 0 Å². The third kappa shape index (κ3) is 1.62. The van der Waals surface area contributed by atoms with Crippen molar-refractivity contribution in [2.24, 2.45) is 0 Å². The molecule has 1 aromatic carbocycles. The van der Waals surface area contributed by atoms with Crippen molar-refractivity contribution in [1.82, 2.24) is 4.90 Å². The number of benzene rings is 1. The highest BCUT2D eigenvalue weighted by Crippen LogP contribution is 2.26. The van der Waals surface area contributed by atoms with Crippen LogP contribution in [0.25, 0.3) is 0 Å². The van der Waals surface area contributed by atoms with E-state index >= 15 is 0 Å². The molecule has 4 heteroatoms. The van der Waals surface area contributed by atoms with Crippen molar-refractivity contribution in [3.63, 3.8) is 0 Å². The number of carbonyl (C=O) groups is 1. The third-order valence-corrected chi connectivity index (χ3v) is 2.17. The van der Waals surface area contributed by atoms with Crippen molar-refractivity contribution < 1.29 is 14.6 Å². The van der Waals surface area contributed by atoms with E-state index in [2.05, 4.69) is 0 Å². The van der Waals surface area contributed by atoms with Gasteiger partial charge >= 0.3 is 5.97 Å². The molecule has 74 valence electrons. The second kappa shape index (κ2) is 3.77. The highest BCUT2D eigenvalue weighted by molar-refractivity contribution is 5.73. The second-order valence-electron chi connectivity index (χ2n) is 3.14. The number of aliphatic hydroxyl groups is 1. The Bertz CT molecular complexity index is 325. The van der Waals surface area contributed by atoms with E-state index in [9.17, 15) is 4.79 Å². The smallest absolute Gasteiger partial charge is 0.322 e. The first kappa shape index (κ1) is 9.18. The van der Waals surface area contributed by atoms with Gasteiger partial charge in [-0.15, -0.1) is 0 Å². The van der Waals surface area contributed by atoms with E-state index in [0.29, 0.717) is 0 Å². The molecule has 1 aliphatic heterocycles. The van der Waals surface area contributed by atoms with Crippen molar-refractivity contribution in [3.05, 3.63) is 35.9 Å². The monoisotopic (exact) mass is 193 g/mol. The Morgan fingerprint density at radius 3 is 2.79 bits per heavy atom. The average molecular weight is 193 g/mol. The van der Waals surface area contributed by atoms with Crippen molar-refractivity contribution in [3.8, 4) is 0 Å². The molecule has 0 radical (unpaired) electrons. The molecular weight excluding hydrogens is 182 g/mol. The quantitative estimate of drug-likeness (QED) is 0.694. The standard InChI is InChI=1S/C10H11NO3/c12-7-11-6-9(13)14-10(11)8-4-2-1-3-5-8/h1-5,10,12H,6-7H2. The summed E-state index contributed by atoms with van der Waals surface area (Å²) in [7, 11) is 0. The molecule has 1 saturated heterocycles. The molecule has 14 heavy (non-hydrogen) atoms. The summed E-state index contributed by atoms with van der Waals surface area (Å²) < 4.78 is 5.08. The third-order valence-electron chi connectivity index (χ3n) is 2.17. The average Bonchev–Trinajstić information content (AvgIpc) is 2.61.